The van der Waals surface area contributed by atoms with Crippen molar-refractivity contribution in [3.63, 3.8) is 0 Å². The van der Waals surface area contributed by atoms with Crippen molar-refractivity contribution in [3.8, 4) is 0 Å². The van der Waals surface area contributed by atoms with Crippen molar-refractivity contribution < 1.29 is 26.0 Å². The number of furan rings is 1. The zero-order valence-electron chi connectivity index (χ0n) is 16.9. The van der Waals surface area contributed by atoms with Gasteiger partial charge >= 0.3 is 0 Å². The second-order valence-electron chi connectivity index (χ2n) is 7.06. The summed E-state index contributed by atoms with van der Waals surface area (Å²) in [5.41, 5.74) is 0.223. The van der Waals surface area contributed by atoms with E-state index < -0.39 is 20.0 Å². The molecule has 1 aliphatic rings. The van der Waals surface area contributed by atoms with Crippen LogP contribution in [-0.4, -0.2) is 58.1 Å². The Morgan fingerprint density at radius 1 is 1.00 bits per heavy atom. The maximum atomic E-state index is 12.9. The highest BCUT2D eigenvalue weighted by atomic mass is 32.2. The van der Waals surface area contributed by atoms with Gasteiger partial charge in [0.25, 0.3) is 15.9 Å². The van der Waals surface area contributed by atoms with E-state index in [1.807, 2.05) is 0 Å². The van der Waals surface area contributed by atoms with Gasteiger partial charge in [0.15, 0.2) is 0 Å². The van der Waals surface area contributed by atoms with Gasteiger partial charge in [-0.05, 0) is 41.8 Å². The van der Waals surface area contributed by atoms with Crippen LogP contribution in [0.4, 0.5) is 0 Å². The highest BCUT2D eigenvalue weighted by Crippen LogP contribution is 2.23. The Bertz CT molecular complexity index is 1280. The van der Waals surface area contributed by atoms with Crippen LogP contribution in [0.15, 0.2) is 73.7 Å². The lowest BCUT2D eigenvalue weighted by Crippen LogP contribution is -2.50. The fourth-order valence-corrected chi connectivity index (χ4v) is 6.92. The van der Waals surface area contributed by atoms with Gasteiger partial charge in [-0.25, -0.2) is 21.6 Å². The standard InChI is InChI=1S/C20H21N3O6S3/c24-20(22-8-10-23(11-9-22)32(27,28)19-7-3-13-30-19)16-4-1-6-18(14-16)31(25,26)21-15-17-5-2-12-29-17/h1-7,12-14,21H,8-11,15H2. The summed E-state index contributed by atoms with van der Waals surface area (Å²) in [5.74, 6) is 0.123. The van der Waals surface area contributed by atoms with Crippen molar-refractivity contribution in [2.45, 2.75) is 15.6 Å². The number of carbonyl (C=O) groups excluding carboxylic acids is 1. The van der Waals surface area contributed by atoms with Crippen molar-refractivity contribution >= 4 is 37.3 Å². The Morgan fingerprint density at radius 2 is 1.78 bits per heavy atom. The van der Waals surface area contributed by atoms with Gasteiger partial charge < -0.3 is 9.32 Å². The van der Waals surface area contributed by atoms with Gasteiger partial charge in [0.2, 0.25) is 10.0 Å². The minimum atomic E-state index is -3.84. The summed E-state index contributed by atoms with van der Waals surface area (Å²) in [7, 11) is -7.41. The monoisotopic (exact) mass is 495 g/mol. The van der Waals surface area contributed by atoms with Gasteiger partial charge in [0.1, 0.15) is 9.97 Å². The van der Waals surface area contributed by atoms with Crippen LogP contribution in [0.5, 0.6) is 0 Å². The summed E-state index contributed by atoms with van der Waals surface area (Å²) >= 11 is 1.16. The molecule has 1 fully saturated rings. The molecule has 32 heavy (non-hydrogen) atoms. The van der Waals surface area contributed by atoms with E-state index in [4.69, 9.17) is 4.42 Å². The number of thiophene rings is 1. The molecule has 0 spiro atoms. The average molecular weight is 496 g/mol. The van der Waals surface area contributed by atoms with Crippen LogP contribution in [0.25, 0.3) is 0 Å². The SMILES string of the molecule is O=C(c1cccc(S(=O)(=O)NCc2ccco2)c1)N1CCN(S(=O)(=O)c2cccs2)CC1. The third-order valence-electron chi connectivity index (χ3n) is 5.02. The van der Waals surface area contributed by atoms with Crippen LogP contribution in [0.3, 0.4) is 0 Å². The molecule has 0 bridgehead atoms. The van der Waals surface area contributed by atoms with E-state index in [-0.39, 0.29) is 53.3 Å². The minimum Gasteiger partial charge on any atom is -0.468 e. The number of hydrogen-bond acceptors (Lipinski definition) is 7. The summed E-state index contributed by atoms with van der Waals surface area (Å²) in [6, 6.07) is 12.3. The number of hydrogen-bond donors (Lipinski definition) is 1. The Morgan fingerprint density at radius 3 is 2.44 bits per heavy atom. The molecule has 170 valence electrons. The number of amides is 1. The second kappa shape index (κ2) is 9.16. The molecule has 1 amide bonds. The summed E-state index contributed by atoms with van der Waals surface area (Å²) < 4.78 is 59.7. The molecule has 0 aliphatic carbocycles. The van der Waals surface area contributed by atoms with E-state index in [9.17, 15) is 21.6 Å². The zero-order valence-corrected chi connectivity index (χ0v) is 19.3. The van der Waals surface area contributed by atoms with Crippen molar-refractivity contribution in [1.29, 1.82) is 0 Å². The van der Waals surface area contributed by atoms with Gasteiger partial charge in [-0.1, -0.05) is 12.1 Å². The highest BCUT2D eigenvalue weighted by molar-refractivity contribution is 7.91. The molecule has 1 saturated heterocycles. The molecular formula is C20H21N3O6S3. The first-order valence-corrected chi connectivity index (χ1v) is 13.5. The smallest absolute Gasteiger partial charge is 0.253 e. The number of benzene rings is 1. The molecular weight excluding hydrogens is 474 g/mol. The maximum absolute atomic E-state index is 12.9. The minimum absolute atomic E-state index is 0.00577. The normalized spacial score (nSPS) is 15.7. The largest absolute Gasteiger partial charge is 0.468 e. The van der Waals surface area contributed by atoms with Crippen molar-refractivity contribution in [2.24, 2.45) is 0 Å². The number of nitrogens with one attached hydrogen (secondary N) is 1. The third kappa shape index (κ3) is 4.79. The third-order valence-corrected chi connectivity index (χ3v) is 9.69. The van der Waals surface area contributed by atoms with E-state index >= 15 is 0 Å². The molecule has 9 nitrogen and oxygen atoms in total. The molecule has 12 heteroatoms. The van der Waals surface area contributed by atoms with Crippen molar-refractivity contribution in [3.05, 3.63) is 71.5 Å². The predicted octanol–water partition coefficient (Wildman–Crippen LogP) is 1.97. The summed E-state index contributed by atoms with van der Waals surface area (Å²) in [4.78, 5) is 14.4. The first-order valence-electron chi connectivity index (χ1n) is 9.72. The number of carbonyl (C=O) groups is 1. The van der Waals surface area contributed by atoms with E-state index in [0.717, 1.165) is 11.3 Å². The molecule has 1 aromatic carbocycles. The van der Waals surface area contributed by atoms with Gasteiger partial charge in [0, 0.05) is 31.7 Å². The summed E-state index contributed by atoms with van der Waals surface area (Å²) in [5, 5.41) is 1.71. The predicted molar refractivity (Wildman–Crippen MR) is 118 cm³/mol. The lowest BCUT2D eigenvalue weighted by Gasteiger charge is -2.33. The molecule has 0 unspecified atom stereocenters. The van der Waals surface area contributed by atoms with Crippen LogP contribution in [0.1, 0.15) is 16.1 Å². The molecule has 0 saturated carbocycles. The number of piperazine rings is 1. The molecule has 3 heterocycles. The van der Waals surface area contributed by atoms with Crippen molar-refractivity contribution in [2.75, 3.05) is 26.2 Å². The van der Waals surface area contributed by atoms with Crippen LogP contribution < -0.4 is 4.72 Å². The lowest BCUT2D eigenvalue weighted by molar-refractivity contribution is 0.0697. The number of sulfonamides is 2. The molecule has 1 aliphatic heterocycles. The van der Waals surface area contributed by atoms with Gasteiger partial charge in [-0.2, -0.15) is 4.31 Å². The summed E-state index contributed by atoms with van der Waals surface area (Å²) in [6.07, 6.45) is 1.45. The highest BCUT2D eigenvalue weighted by Gasteiger charge is 2.31. The molecule has 2 aromatic heterocycles. The Balaban J connectivity index is 1.42. The molecule has 4 rings (SSSR count). The fourth-order valence-electron chi connectivity index (χ4n) is 3.31. The Kier molecular flexibility index (Phi) is 6.49. The van der Waals surface area contributed by atoms with Crippen LogP contribution in [0.2, 0.25) is 0 Å². The first kappa shape index (κ1) is 22.7. The van der Waals surface area contributed by atoms with E-state index in [2.05, 4.69) is 4.72 Å². The fraction of sp³-hybridized carbons (Fsp3) is 0.250. The zero-order chi connectivity index (χ0) is 22.8. The molecule has 1 N–H and O–H groups in total. The maximum Gasteiger partial charge on any atom is 0.253 e. The lowest BCUT2D eigenvalue weighted by atomic mass is 10.2. The first-order chi connectivity index (χ1) is 15.3. The number of nitrogens with zero attached hydrogens (tertiary/aromatic N) is 2. The van der Waals surface area contributed by atoms with Crippen LogP contribution >= 0.6 is 11.3 Å². The molecule has 0 radical (unpaired) electrons. The Labute approximate surface area is 190 Å². The van der Waals surface area contributed by atoms with Crippen molar-refractivity contribution in [1.82, 2.24) is 13.9 Å². The number of rotatable bonds is 7. The van der Waals surface area contributed by atoms with Crippen LogP contribution in [-0.2, 0) is 26.6 Å². The molecule has 3 aromatic rings. The van der Waals surface area contributed by atoms with E-state index in [0.29, 0.717) is 5.76 Å². The van der Waals surface area contributed by atoms with E-state index in [1.54, 1.807) is 35.7 Å². The Hall–Kier alpha value is -2.51. The quantitative estimate of drug-likeness (QED) is 0.536. The van der Waals surface area contributed by atoms with Gasteiger partial charge in [-0.3, -0.25) is 4.79 Å². The second-order valence-corrected chi connectivity index (χ2v) is 11.9. The summed E-state index contributed by atoms with van der Waals surface area (Å²) in [6.45, 7) is 0.784. The van der Waals surface area contributed by atoms with E-state index in [1.165, 1.54) is 33.7 Å². The van der Waals surface area contributed by atoms with Gasteiger partial charge in [0.05, 0.1) is 17.7 Å². The van der Waals surface area contributed by atoms with Crippen LogP contribution in [0, 0.1) is 0 Å². The molecule has 0 atom stereocenters. The average Bonchev–Trinajstić information content (AvgIpc) is 3.52. The van der Waals surface area contributed by atoms with Gasteiger partial charge in [-0.15, -0.1) is 11.3 Å². The topological polar surface area (TPSA) is 117 Å².